The number of rotatable bonds is 15. The van der Waals surface area contributed by atoms with Crippen LogP contribution in [0.4, 0.5) is 0 Å². The van der Waals surface area contributed by atoms with Crippen LogP contribution in [0.5, 0.6) is 0 Å². The molecule has 0 fully saturated rings. The minimum Gasteiger partial charge on any atom is -0.0882 e. The first-order chi connectivity index (χ1) is 11.8. The maximum absolute atomic E-state index is 2.43. The van der Waals surface area contributed by atoms with Crippen LogP contribution in [0.1, 0.15) is 91.9 Å². The second-order valence-corrected chi connectivity index (χ2v) is 6.68. The number of allylic oxidation sites excluding steroid dienone is 8. The predicted octanol–water partition coefficient (Wildman–Crippen LogP) is 8.42. The molecule has 24 heavy (non-hydrogen) atoms. The van der Waals surface area contributed by atoms with Gasteiger partial charge in [-0.15, -0.1) is 0 Å². The number of unbranched alkanes of at least 4 members (excludes halogenated alkanes) is 6. The van der Waals surface area contributed by atoms with Crippen molar-refractivity contribution in [3.8, 4) is 0 Å². The maximum Gasteiger partial charge on any atom is 0.00441 e. The van der Waals surface area contributed by atoms with E-state index in [0.29, 0.717) is 11.8 Å². The van der Waals surface area contributed by atoms with Gasteiger partial charge in [-0.05, 0) is 38.5 Å². The standard InChI is InChI=1S/C24H42/c1-5-9-13-15-17-21-23(19-11-7-3)24(20-12-8-4)22-18-16-14-10-6-2/h11-12,17-24H,5-10,13-16H2,1-4H3. The molecule has 0 aromatic carbocycles. The van der Waals surface area contributed by atoms with E-state index >= 15 is 0 Å². The third-order valence-corrected chi connectivity index (χ3v) is 4.30. The van der Waals surface area contributed by atoms with E-state index in [0.717, 1.165) is 12.8 Å². The monoisotopic (exact) mass is 330 g/mol. The van der Waals surface area contributed by atoms with Crippen molar-refractivity contribution in [1.82, 2.24) is 0 Å². The lowest BCUT2D eigenvalue weighted by Crippen LogP contribution is -2.05. The minimum atomic E-state index is 0.497. The fourth-order valence-electron chi connectivity index (χ4n) is 2.76. The van der Waals surface area contributed by atoms with Crippen molar-refractivity contribution in [3.63, 3.8) is 0 Å². The Labute approximate surface area is 152 Å². The highest BCUT2D eigenvalue weighted by Crippen LogP contribution is 2.21. The van der Waals surface area contributed by atoms with E-state index in [9.17, 15) is 0 Å². The summed E-state index contributed by atoms with van der Waals surface area (Å²) in [5.41, 5.74) is 0. The van der Waals surface area contributed by atoms with Crippen LogP contribution in [0.15, 0.2) is 48.6 Å². The van der Waals surface area contributed by atoms with Crippen molar-refractivity contribution in [2.45, 2.75) is 91.9 Å². The van der Waals surface area contributed by atoms with Crippen molar-refractivity contribution in [2.75, 3.05) is 0 Å². The summed E-state index contributed by atoms with van der Waals surface area (Å²) in [5.74, 6) is 0.994. The highest BCUT2D eigenvalue weighted by Gasteiger charge is 2.10. The van der Waals surface area contributed by atoms with Gasteiger partial charge >= 0.3 is 0 Å². The highest BCUT2D eigenvalue weighted by molar-refractivity contribution is 5.14. The summed E-state index contributed by atoms with van der Waals surface area (Å²) in [6, 6.07) is 0. The zero-order valence-corrected chi connectivity index (χ0v) is 16.8. The van der Waals surface area contributed by atoms with Gasteiger partial charge in [0.2, 0.25) is 0 Å². The SMILES string of the molecule is CCC=CC(C=CCCCCC)C(C=CCC)C=CCCCCC. The van der Waals surface area contributed by atoms with Gasteiger partial charge in [0.1, 0.15) is 0 Å². The van der Waals surface area contributed by atoms with E-state index in [1.165, 1.54) is 51.4 Å². The zero-order chi connectivity index (χ0) is 17.9. The molecular formula is C24H42. The van der Waals surface area contributed by atoms with Gasteiger partial charge < -0.3 is 0 Å². The summed E-state index contributed by atoms with van der Waals surface area (Å²) in [7, 11) is 0. The van der Waals surface area contributed by atoms with Crippen molar-refractivity contribution in [3.05, 3.63) is 48.6 Å². The molecule has 0 amide bonds. The average molecular weight is 331 g/mol. The lowest BCUT2D eigenvalue weighted by molar-refractivity contribution is 0.657. The summed E-state index contributed by atoms with van der Waals surface area (Å²) < 4.78 is 0. The smallest absolute Gasteiger partial charge is 0.00441 e. The van der Waals surface area contributed by atoms with Crippen LogP contribution >= 0.6 is 0 Å². The average Bonchev–Trinajstić information content (AvgIpc) is 2.60. The van der Waals surface area contributed by atoms with Gasteiger partial charge in [-0.3, -0.25) is 0 Å². The van der Waals surface area contributed by atoms with E-state index in [1.54, 1.807) is 0 Å². The van der Waals surface area contributed by atoms with Crippen LogP contribution in [0, 0.1) is 11.8 Å². The van der Waals surface area contributed by atoms with Crippen LogP contribution in [-0.4, -0.2) is 0 Å². The topological polar surface area (TPSA) is 0 Å². The number of hydrogen-bond donors (Lipinski definition) is 0. The second kappa shape index (κ2) is 18.3. The largest absolute Gasteiger partial charge is 0.0882 e. The third kappa shape index (κ3) is 13.4. The molecule has 0 spiro atoms. The van der Waals surface area contributed by atoms with Gasteiger partial charge in [0.05, 0.1) is 0 Å². The van der Waals surface area contributed by atoms with Crippen molar-refractivity contribution >= 4 is 0 Å². The molecule has 0 aromatic heterocycles. The van der Waals surface area contributed by atoms with Gasteiger partial charge in [-0.2, -0.15) is 0 Å². The molecule has 2 atom stereocenters. The molecule has 0 nitrogen and oxygen atoms in total. The lowest BCUT2D eigenvalue weighted by atomic mass is 9.89. The van der Waals surface area contributed by atoms with E-state index < -0.39 is 0 Å². The van der Waals surface area contributed by atoms with Crippen molar-refractivity contribution in [2.24, 2.45) is 11.8 Å². The molecular weight excluding hydrogens is 288 g/mol. The van der Waals surface area contributed by atoms with Gasteiger partial charge in [-0.25, -0.2) is 0 Å². The Bertz CT molecular complexity index is 320. The molecule has 0 bridgehead atoms. The molecule has 138 valence electrons. The van der Waals surface area contributed by atoms with Crippen LogP contribution in [0.2, 0.25) is 0 Å². The molecule has 0 aliphatic rings. The lowest BCUT2D eigenvalue weighted by Gasteiger charge is -2.16. The summed E-state index contributed by atoms with van der Waals surface area (Å²) in [6.07, 6.45) is 31.7. The Kier molecular flexibility index (Phi) is 17.5. The first-order valence-corrected chi connectivity index (χ1v) is 10.5. The Morgan fingerprint density at radius 1 is 0.500 bits per heavy atom. The summed E-state index contributed by atoms with van der Waals surface area (Å²) >= 11 is 0. The molecule has 2 unspecified atom stereocenters. The molecule has 0 aromatic rings. The zero-order valence-electron chi connectivity index (χ0n) is 16.8. The third-order valence-electron chi connectivity index (χ3n) is 4.30. The van der Waals surface area contributed by atoms with Gasteiger partial charge in [0.15, 0.2) is 0 Å². The summed E-state index contributed by atoms with van der Waals surface area (Å²) in [4.78, 5) is 0. The summed E-state index contributed by atoms with van der Waals surface area (Å²) in [6.45, 7) is 8.98. The van der Waals surface area contributed by atoms with Gasteiger partial charge in [0.25, 0.3) is 0 Å². The number of hydrogen-bond acceptors (Lipinski definition) is 0. The minimum absolute atomic E-state index is 0.497. The van der Waals surface area contributed by atoms with Gasteiger partial charge in [-0.1, -0.05) is 102 Å². The van der Waals surface area contributed by atoms with Crippen LogP contribution in [-0.2, 0) is 0 Å². The first kappa shape index (κ1) is 23.0. The Balaban J connectivity index is 4.84. The highest BCUT2D eigenvalue weighted by atomic mass is 14.1. The fourth-order valence-corrected chi connectivity index (χ4v) is 2.76. The Morgan fingerprint density at radius 2 is 0.875 bits per heavy atom. The molecule has 0 radical (unpaired) electrons. The maximum atomic E-state index is 2.43. The molecule has 0 heteroatoms. The quantitative estimate of drug-likeness (QED) is 0.209. The van der Waals surface area contributed by atoms with E-state index in [1.807, 2.05) is 0 Å². The normalized spacial score (nSPS) is 15.3. The fraction of sp³-hybridized carbons (Fsp3) is 0.667. The summed E-state index contributed by atoms with van der Waals surface area (Å²) in [5, 5.41) is 0. The molecule has 0 rings (SSSR count). The van der Waals surface area contributed by atoms with E-state index in [-0.39, 0.29) is 0 Å². The molecule has 0 saturated carbocycles. The van der Waals surface area contributed by atoms with Crippen molar-refractivity contribution < 1.29 is 0 Å². The van der Waals surface area contributed by atoms with Crippen LogP contribution < -0.4 is 0 Å². The molecule has 0 saturated heterocycles. The molecule has 0 aliphatic heterocycles. The van der Waals surface area contributed by atoms with Gasteiger partial charge in [0, 0.05) is 11.8 Å². The molecule has 0 N–H and O–H groups in total. The first-order valence-electron chi connectivity index (χ1n) is 10.5. The molecule has 0 heterocycles. The van der Waals surface area contributed by atoms with Crippen LogP contribution in [0.25, 0.3) is 0 Å². The van der Waals surface area contributed by atoms with E-state index in [2.05, 4.69) is 76.3 Å². The predicted molar refractivity (Wildman–Crippen MR) is 112 cm³/mol. The Hall–Kier alpha value is -1.04. The molecule has 0 aliphatic carbocycles. The van der Waals surface area contributed by atoms with E-state index in [4.69, 9.17) is 0 Å². The van der Waals surface area contributed by atoms with Crippen molar-refractivity contribution in [1.29, 1.82) is 0 Å². The van der Waals surface area contributed by atoms with Crippen LogP contribution in [0.3, 0.4) is 0 Å². The Morgan fingerprint density at radius 3 is 1.21 bits per heavy atom. The second-order valence-electron chi connectivity index (χ2n) is 6.68.